The molecule has 1 N–H and O–H groups in total. The molecule has 0 unspecified atom stereocenters. The Morgan fingerprint density at radius 2 is 2.00 bits per heavy atom. The highest BCUT2D eigenvalue weighted by molar-refractivity contribution is 5.87. The van der Waals surface area contributed by atoms with Crippen molar-refractivity contribution in [3.8, 4) is 5.75 Å². The molecule has 3 heteroatoms. The molecule has 3 nitrogen and oxygen atoms in total. The average Bonchev–Trinajstić information content (AvgIpc) is 2.71. The molecule has 0 bridgehead atoms. The number of methoxy groups -OCH3 is 1. The molecule has 1 aliphatic heterocycles. The van der Waals surface area contributed by atoms with E-state index in [1.165, 1.54) is 35.0 Å². The van der Waals surface area contributed by atoms with E-state index < -0.39 is 0 Å². The highest BCUT2D eigenvalue weighted by atomic mass is 16.5. The predicted molar refractivity (Wildman–Crippen MR) is 79.1 cm³/mol. The molecule has 0 aliphatic carbocycles. The molecule has 1 aliphatic rings. The van der Waals surface area contributed by atoms with Gasteiger partial charge in [0.15, 0.2) is 0 Å². The first kappa shape index (κ1) is 12.5. The fourth-order valence-corrected chi connectivity index (χ4v) is 3.33. The number of benzene rings is 1. The van der Waals surface area contributed by atoms with Crippen LogP contribution in [-0.4, -0.2) is 24.8 Å². The third kappa shape index (κ3) is 2.02. The van der Waals surface area contributed by atoms with Gasteiger partial charge in [-0.2, -0.15) is 0 Å². The van der Waals surface area contributed by atoms with Crippen molar-refractivity contribution in [3.63, 3.8) is 0 Å². The minimum atomic E-state index is 0.678. The molecule has 1 aromatic heterocycles. The number of nitrogens with zero attached hydrogens (tertiary/aromatic N) is 1. The number of hydrogen-bond donors (Lipinski definition) is 1. The number of aromatic nitrogens is 1. The summed E-state index contributed by atoms with van der Waals surface area (Å²) in [6, 6.07) is 6.42. The minimum absolute atomic E-state index is 0.678. The van der Waals surface area contributed by atoms with Gasteiger partial charge < -0.3 is 14.6 Å². The Hall–Kier alpha value is -1.48. The SMILES string of the molecule is COc1ccc2c(c1)c(C1CCNCC1)c(C)n2C. The number of ether oxygens (including phenoxy) is 1. The highest BCUT2D eigenvalue weighted by Gasteiger charge is 2.22. The Morgan fingerprint density at radius 1 is 1.26 bits per heavy atom. The van der Waals surface area contributed by atoms with Crippen LogP contribution in [0.25, 0.3) is 10.9 Å². The van der Waals surface area contributed by atoms with E-state index in [1.807, 2.05) is 6.07 Å². The quantitative estimate of drug-likeness (QED) is 0.896. The van der Waals surface area contributed by atoms with Crippen LogP contribution < -0.4 is 10.1 Å². The lowest BCUT2D eigenvalue weighted by molar-refractivity contribution is 0.415. The van der Waals surface area contributed by atoms with Gasteiger partial charge >= 0.3 is 0 Å². The fraction of sp³-hybridized carbons (Fsp3) is 0.500. The van der Waals surface area contributed by atoms with Crippen LogP contribution in [0.1, 0.15) is 30.0 Å². The van der Waals surface area contributed by atoms with E-state index in [2.05, 4.69) is 36.0 Å². The van der Waals surface area contributed by atoms with Crippen molar-refractivity contribution < 1.29 is 4.74 Å². The molecule has 0 radical (unpaired) electrons. The summed E-state index contributed by atoms with van der Waals surface area (Å²) < 4.78 is 7.70. The largest absolute Gasteiger partial charge is 0.497 e. The predicted octanol–water partition coefficient (Wildman–Crippen LogP) is 2.96. The van der Waals surface area contributed by atoms with E-state index >= 15 is 0 Å². The van der Waals surface area contributed by atoms with Crippen molar-refractivity contribution in [2.75, 3.05) is 20.2 Å². The maximum Gasteiger partial charge on any atom is 0.119 e. The number of piperidine rings is 1. The van der Waals surface area contributed by atoms with Gasteiger partial charge in [-0.3, -0.25) is 0 Å². The second-order valence-electron chi connectivity index (χ2n) is 5.47. The Kier molecular flexibility index (Phi) is 3.23. The maximum atomic E-state index is 5.39. The van der Waals surface area contributed by atoms with Crippen molar-refractivity contribution in [2.45, 2.75) is 25.7 Å². The summed E-state index contributed by atoms with van der Waals surface area (Å²) >= 11 is 0. The van der Waals surface area contributed by atoms with Crippen molar-refractivity contribution >= 4 is 10.9 Å². The number of rotatable bonds is 2. The normalized spacial score (nSPS) is 17.0. The lowest BCUT2D eigenvalue weighted by atomic mass is 9.88. The molecule has 3 rings (SSSR count). The highest BCUT2D eigenvalue weighted by Crippen LogP contribution is 2.37. The molecular formula is C16H22N2O. The fourth-order valence-electron chi connectivity index (χ4n) is 3.33. The van der Waals surface area contributed by atoms with Crippen LogP contribution in [-0.2, 0) is 7.05 Å². The zero-order chi connectivity index (χ0) is 13.4. The van der Waals surface area contributed by atoms with Crippen LogP contribution in [0.15, 0.2) is 18.2 Å². The molecule has 0 atom stereocenters. The first-order valence-electron chi connectivity index (χ1n) is 7.06. The van der Waals surface area contributed by atoms with Crippen molar-refractivity contribution in [1.82, 2.24) is 9.88 Å². The van der Waals surface area contributed by atoms with Gasteiger partial charge in [-0.25, -0.2) is 0 Å². The van der Waals surface area contributed by atoms with Crippen LogP contribution in [0.5, 0.6) is 5.75 Å². The molecule has 0 amide bonds. The van der Waals surface area contributed by atoms with Gasteiger partial charge in [0.2, 0.25) is 0 Å². The number of fused-ring (bicyclic) bond motifs is 1. The van der Waals surface area contributed by atoms with Crippen LogP contribution in [0, 0.1) is 6.92 Å². The minimum Gasteiger partial charge on any atom is -0.497 e. The smallest absolute Gasteiger partial charge is 0.119 e. The third-order valence-corrected chi connectivity index (χ3v) is 4.50. The summed E-state index contributed by atoms with van der Waals surface area (Å²) in [5, 5.41) is 4.82. The lowest BCUT2D eigenvalue weighted by Crippen LogP contribution is -2.26. The van der Waals surface area contributed by atoms with E-state index in [4.69, 9.17) is 4.74 Å². The van der Waals surface area contributed by atoms with Crippen molar-refractivity contribution in [3.05, 3.63) is 29.5 Å². The van der Waals surface area contributed by atoms with Crippen LogP contribution >= 0.6 is 0 Å². The average molecular weight is 258 g/mol. The zero-order valence-corrected chi connectivity index (χ0v) is 12.0. The lowest BCUT2D eigenvalue weighted by Gasteiger charge is -2.23. The van der Waals surface area contributed by atoms with Crippen LogP contribution in [0.4, 0.5) is 0 Å². The summed E-state index contributed by atoms with van der Waals surface area (Å²) in [5.74, 6) is 1.63. The molecule has 0 saturated carbocycles. The van der Waals surface area contributed by atoms with E-state index in [9.17, 15) is 0 Å². The van der Waals surface area contributed by atoms with Crippen LogP contribution in [0.3, 0.4) is 0 Å². The molecule has 19 heavy (non-hydrogen) atoms. The summed E-state index contributed by atoms with van der Waals surface area (Å²) in [7, 11) is 3.90. The maximum absolute atomic E-state index is 5.39. The Bertz CT molecular complexity index is 594. The zero-order valence-electron chi connectivity index (χ0n) is 12.0. The number of aryl methyl sites for hydroxylation is 1. The van der Waals surface area contributed by atoms with Gasteiger partial charge in [-0.1, -0.05) is 0 Å². The van der Waals surface area contributed by atoms with E-state index in [-0.39, 0.29) is 0 Å². The van der Waals surface area contributed by atoms with Crippen molar-refractivity contribution in [2.24, 2.45) is 7.05 Å². The van der Waals surface area contributed by atoms with Crippen LogP contribution in [0.2, 0.25) is 0 Å². The Morgan fingerprint density at radius 3 is 2.68 bits per heavy atom. The first-order valence-corrected chi connectivity index (χ1v) is 7.06. The summed E-state index contributed by atoms with van der Waals surface area (Å²) in [5.41, 5.74) is 4.24. The molecule has 1 saturated heterocycles. The third-order valence-electron chi connectivity index (χ3n) is 4.50. The van der Waals surface area contributed by atoms with Gasteiger partial charge in [-0.05, 0) is 62.5 Å². The van der Waals surface area contributed by atoms with E-state index in [1.54, 1.807) is 7.11 Å². The Labute approximate surface area is 114 Å². The van der Waals surface area contributed by atoms with Gasteiger partial charge in [0, 0.05) is 23.6 Å². The molecule has 2 aromatic rings. The van der Waals surface area contributed by atoms with E-state index in [0.29, 0.717) is 5.92 Å². The monoisotopic (exact) mass is 258 g/mol. The van der Waals surface area contributed by atoms with E-state index in [0.717, 1.165) is 18.8 Å². The molecular weight excluding hydrogens is 236 g/mol. The molecule has 2 heterocycles. The first-order chi connectivity index (χ1) is 9.22. The summed E-state index contributed by atoms with van der Waals surface area (Å²) in [6.45, 7) is 4.50. The van der Waals surface area contributed by atoms with Crippen molar-refractivity contribution in [1.29, 1.82) is 0 Å². The topological polar surface area (TPSA) is 26.2 Å². The summed E-state index contributed by atoms with van der Waals surface area (Å²) in [4.78, 5) is 0. The molecule has 1 aromatic carbocycles. The standard InChI is InChI=1S/C16H22N2O/c1-11-16(12-6-8-17-9-7-12)14-10-13(19-3)4-5-15(14)18(11)2/h4-5,10,12,17H,6-9H2,1-3H3. The molecule has 102 valence electrons. The van der Waals surface area contributed by atoms with Gasteiger partial charge in [0.05, 0.1) is 7.11 Å². The Balaban J connectivity index is 2.17. The number of hydrogen-bond acceptors (Lipinski definition) is 2. The second-order valence-corrected chi connectivity index (χ2v) is 5.47. The van der Waals surface area contributed by atoms with Gasteiger partial charge in [0.1, 0.15) is 5.75 Å². The number of nitrogens with one attached hydrogen (secondary N) is 1. The van der Waals surface area contributed by atoms with Gasteiger partial charge in [-0.15, -0.1) is 0 Å². The molecule has 0 spiro atoms. The molecule has 1 fully saturated rings. The second kappa shape index (κ2) is 4.89. The van der Waals surface area contributed by atoms with Gasteiger partial charge in [0.25, 0.3) is 0 Å². The summed E-state index contributed by atoms with van der Waals surface area (Å²) in [6.07, 6.45) is 2.47.